The van der Waals surface area contributed by atoms with Crippen LogP contribution in [0.15, 0.2) is 30.6 Å². The molecule has 3 rings (SSSR count). The Hall–Kier alpha value is -2.34. The van der Waals surface area contributed by atoms with E-state index in [9.17, 15) is 4.39 Å². The van der Waals surface area contributed by atoms with Crippen LogP contribution in [0.1, 0.15) is 0 Å². The van der Waals surface area contributed by atoms with E-state index in [0.717, 1.165) is 11.1 Å². The Bertz CT molecular complexity index is 733. The molecule has 0 fully saturated rings. The van der Waals surface area contributed by atoms with E-state index in [4.69, 9.17) is 17.3 Å². The third-order valence-electron chi connectivity index (χ3n) is 2.79. The average molecular weight is 278 g/mol. The molecule has 19 heavy (non-hydrogen) atoms. The van der Waals surface area contributed by atoms with Crippen molar-refractivity contribution in [2.45, 2.75) is 0 Å². The fraction of sp³-hybridized carbons (Fsp3) is 0. The highest BCUT2D eigenvalue weighted by molar-refractivity contribution is 6.31. The van der Waals surface area contributed by atoms with E-state index in [0.29, 0.717) is 17.1 Å². The van der Waals surface area contributed by atoms with E-state index in [2.05, 4.69) is 20.4 Å². The number of benzene rings is 1. The lowest BCUT2D eigenvalue weighted by atomic mass is 10.0. The first-order chi connectivity index (χ1) is 9.16. The highest BCUT2D eigenvalue weighted by Gasteiger charge is 2.14. The molecular formula is C12H9ClFN5. The van der Waals surface area contributed by atoms with Gasteiger partial charge in [0.25, 0.3) is 0 Å². The maximum absolute atomic E-state index is 13.2. The molecule has 0 radical (unpaired) electrons. The van der Waals surface area contributed by atoms with Crippen molar-refractivity contribution >= 4 is 17.3 Å². The van der Waals surface area contributed by atoms with Gasteiger partial charge >= 0.3 is 0 Å². The van der Waals surface area contributed by atoms with Crippen LogP contribution in [0.4, 0.5) is 10.1 Å². The van der Waals surface area contributed by atoms with Gasteiger partial charge in [0.05, 0.1) is 28.8 Å². The van der Waals surface area contributed by atoms with Crippen molar-refractivity contribution in [2.24, 2.45) is 0 Å². The van der Waals surface area contributed by atoms with Gasteiger partial charge in [0, 0.05) is 5.56 Å². The number of halogens is 2. The van der Waals surface area contributed by atoms with Crippen LogP contribution in [0, 0.1) is 5.82 Å². The van der Waals surface area contributed by atoms with Gasteiger partial charge in [-0.2, -0.15) is 10.2 Å². The fourth-order valence-corrected chi connectivity index (χ4v) is 2.04. The summed E-state index contributed by atoms with van der Waals surface area (Å²) >= 11 is 5.79. The highest BCUT2D eigenvalue weighted by Crippen LogP contribution is 2.33. The summed E-state index contributed by atoms with van der Waals surface area (Å²) in [4.78, 5) is 0. The summed E-state index contributed by atoms with van der Waals surface area (Å²) < 4.78 is 13.2. The van der Waals surface area contributed by atoms with Gasteiger partial charge in [-0.3, -0.25) is 10.2 Å². The van der Waals surface area contributed by atoms with Gasteiger partial charge in [-0.15, -0.1) is 0 Å². The number of aromatic amines is 2. The third kappa shape index (κ3) is 1.96. The van der Waals surface area contributed by atoms with Gasteiger partial charge in [-0.25, -0.2) is 4.39 Å². The van der Waals surface area contributed by atoms with Crippen molar-refractivity contribution in [3.05, 3.63) is 41.4 Å². The molecule has 5 nitrogen and oxygen atoms in total. The summed E-state index contributed by atoms with van der Waals surface area (Å²) in [6.07, 6.45) is 3.14. The van der Waals surface area contributed by atoms with Gasteiger partial charge in [-0.05, 0) is 17.7 Å². The number of nitrogen functional groups attached to an aromatic ring is 1. The molecule has 7 heteroatoms. The first-order valence-corrected chi connectivity index (χ1v) is 5.82. The molecule has 1 aromatic carbocycles. The molecule has 3 aromatic rings. The monoisotopic (exact) mass is 277 g/mol. The summed E-state index contributed by atoms with van der Waals surface area (Å²) in [6.45, 7) is 0. The zero-order valence-corrected chi connectivity index (χ0v) is 10.4. The quantitative estimate of drug-likeness (QED) is 0.673. The van der Waals surface area contributed by atoms with Crippen LogP contribution in [-0.4, -0.2) is 20.4 Å². The number of H-pyrrole nitrogens is 2. The largest absolute Gasteiger partial charge is 0.396 e. The van der Waals surface area contributed by atoms with Crippen molar-refractivity contribution in [3.8, 4) is 22.5 Å². The van der Waals surface area contributed by atoms with Crippen LogP contribution in [0.2, 0.25) is 5.02 Å². The smallest absolute Gasteiger partial charge is 0.141 e. The average Bonchev–Trinajstić information content (AvgIpc) is 3.00. The summed E-state index contributed by atoms with van der Waals surface area (Å²) in [6, 6.07) is 4.48. The van der Waals surface area contributed by atoms with Crippen molar-refractivity contribution in [1.82, 2.24) is 20.4 Å². The minimum absolute atomic E-state index is 0.0576. The maximum atomic E-state index is 13.2. The molecule has 0 atom stereocenters. The summed E-state index contributed by atoms with van der Waals surface area (Å²) in [5.74, 6) is -0.462. The lowest BCUT2D eigenvalue weighted by Gasteiger charge is -2.03. The zero-order chi connectivity index (χ0) is 13.4. The van der Waals surface area contributed by atoms with E-state index < -0.39 is 5.82 Å². The van der Waals surface area contributed by atoms with Gasteiger partial charge in [0.2, 0.25) is 0 Å². The fourth-order valence-electron chi connectivity index (χ4n) is 1.85. The Kier molecular flexibility index (Phi) is 2.72. The molecule has 2 heterocycles. The molecule has 0 bridgehead atoms. The summed E-state index contributed by atoms with van der Waals surface area (Å²) in [7, 11) is 0. The second-order valence-corrected chi connectivity index (χ2v) is 4.40. The molecule has 0 saturated carbocycles. The molecular weight excluding hydrogens is 269 g/mol. The Morgan fingerprint density at radius 1 is 1.11 bits per heavy atom. The van der Waals surface area contributed by atoms with Crippen LogP contribution in [0.3, 0.4) is 0 Å². The molecule has 0 saturated heterocycles. The molecule has 0 amide bonds. The summed E-state index contributed by atoms with van der Waals surface area (Å²) in [5, 5.41) is 13.5. The van der Waals surface area contributed by atoms with Crippen molar-refractivity contribution in [2.75, 3.05) is 5.73 Å². The number of anilines is 1. The van der Waals surface area contributed by atoms with Crippen LogP contribution in [0.5, 0.6) is 0 Å². The van der Waals surface area contributed by atoms with Crippen LogP contribution in [0.25, 0.3) is 22.5 Å². The number of hydrogen-bond acceptors (Lipinski definition) is 3. The zero-order valence-electron chi connectivity index (χ0n) is 9.61. The summed E-state index contributed by atoms with van der Waals surface area (Å²) in [5.41, 5.74) is 9.12. The molecule has 0 aliphatic carbocycles. The predicted molar refractivity (Wildman–Crippen MR) is 71.0 cm³/mol. The number of rotatable bonds is 2. The molecule has 2 aromatic heterocycles. The Labute approximate surface area is 112 Å². The Balaban J connectivity index is 2.14. The predicted octanol–water partition coefficient (Wildman–Crippen LogP) is 2.84. The van der Waals surface area contributed by atoms with E-state index in [1.165, 1.54) is 18.3 Å². The van der Waals surface area contributed by atoms with Crippen LogP contribution >= 0.6 is 11.6 Å². The lowest BCUT2D eigenvalue weighted by molar-refractivity contribution is 0.628. The normalized spacial score (nSPS) is 10.8. The Morgan fingerprint density at radius 2 is 1.84 bits per heavy atom. The molecule has 0 aliphatic heterocycles. The van der Waals surface area contributed by atoms with E-state index >= 15 is 0 Å². The molecule has 96 valence electrons. The molecule has 0 aliphatic rings. The number of nitrogens with one attached hydrogen (secondary N) is 2. The molecule has 0 unspecified atom stereocenters. The number of nitrogens with two attached hydrogens (primary N) is 1. The lowest BCUT2D eigenvalue weighted by Crippen LogP contribution is -1.89. The van der Waals surface area contributed by atoms with Crippen molar-refractivity contribution < 1.29 is 4.39 Å². The third-order valence-corrected chi connectivity index (χ3v) is 3.08. The molecule has 0 spiro atoms. The first kappa shape index (κ1) is 11.7. The topological polar surface area (TPSA) is 83.4 Å². The van der Waals surface area contributed by atoms with Crippen LogP contribution < -0.4 is 5.73 Å². The highest BCUT2D eigenvalue weighted by atomic mass is 35.5. The second-order valence-electron chi connectivity index (χ2n) is 3.99. The minimum Gasteiger partial charge on any atom is -0.396 e. The van der Waals surface area contributed by atoms with E-state index in [1.54, 1.807) is 12.3 Å². The Morgan fingerprint density at radius 3 is 2.53 bits per heavy atom. The van der Waals surface area contributed by atoms with Crippen molar-refractivity contribution in [3.63, 3.8) is 0 Å². The van der Waals surface area contributed by atoms with Gasteiger partial charge in [0.1, 0.15) is 11.5 Å². The van der Waals surface area contributed by atoms with E-state index in [1.807, 2.05) is 0 Å². The maximum Gasteiger partial charge on any atom is 0.141 e. The van der Waals surface area contributed by atoms with Gasteiger partial charge in [-0.1, -0.05) is 17.7 Å². The van der Waals surface area contributed by atoms with Crippen LogP contribution in [-0.2, 0) is 0 Å². The molecule has 4 N–H and O–H groups in total. The number of aromatic nitrogens is 4. The minimum atomic E-state index is -0.462. The number of nitrogens with zero attached hydrogens (tertiary/aromatic N) is 2. The second kappa shape index (κ2) is 4.40. The van der Waals surface area contributed by atoms with Crippen molar-refractivity contribution in [1.29, 1.82) is 0 Å². The van der Waals surface area contributed by atoms with Gasteiger partial charge < -0.3 is 5.73 Å². The standard InChI is InChI=1S/C12H9ClFN5/c13-8-3-6(1-2-9(8)14)7-4-16-18-11(7)12-10(15)5-17-19-12/h1-5H,15H2,(H,16,18)(H,17,19). The van der Waals surface area contributed by atoms with Gasteiger partial charge in [0.15, 0.2) is 0 Å². The first-order valence-electron chi connectivity index (χ1n) is 5.45. The SMILES string of the molecule is Nc1cn[nH]c1-c1[nH]ncc1-c1ccc(F)c(Cl)c1. The van der Waals surface area contributed by atoms with E-state index in [-0.39, 0.29) is 5.02 Å². The number of hydrogen-bond donors (Lipinski definition) is 3.